The van der Waals surface area contributed by atoms with Gasteiger partial charge in [-0.15, -0.1) is 22.7 Å². The lowest BCUT2D eigenvalue weighted by Gasteiger charge is -2.34. The molecule has 0 bridgehead atoms. The third kappa shape index (κ3) is 4.20. The molecule has 2 N–H and O–H groups in total. The van der Waals surface area contributed by atoms with Gasteiger partial charge in [0.1, 0.15) is 16.0 Å². The molecule has 5 rings (SSSR count). The molecule has 1 aliphatic heterocycles. The van der Waals surface area contributed by atoms with Gasteiger partial charge in [-0.05, 0) is 65.3 Å². The van der Waals surface area contributed by atoms with Crippen LogP contribution in [-0.2, 0) is 12.8 Å². The SMILES string of the molecule is COc1cc(C2NC(=O)c3c(sc4c3CCC(C(C)(C)C)C4)N2)ccc1OC(=O)c1cccs1. The van der Waals surface area contributed by atoms with Gasteiger partial charge in [0.15, 0.2) is 11.5 Å². The highest BCUT2D eigenvalue weighted by atomic mass is 32.1. The molecule has 2 aromatic heterocycles. The van der Waals surface area contributed by atoms with Crippen molar-refractivity contribution in [3.8, 4) is 11.5 Å². The van der Waals surface area contributed by atoms with Crippen molar-refractivity contribution in [2.45, 2.75) is 46.2 Å². The lowest BCUT2D eigenvalue weighted by molar-refractivity contribution is 0.0734. The highest BCUT2D eigenvalue weighted by Gasteiger charge is 2.36. The summed E-state index contributed by atoms with van der Waals surface area (Å²) in [5, 5.41) is 9.37. The first kappa shape index (κ1) is 22.9. The molecule has 34 heavy (non-hydrogen) atoms. The Hall–Kier alpha value is -2.84. The predicted octanol–water partition coefficient (Wildman–Crippen LogP) is 6.04. The summed E-state index contributed by atoms with van der Waals surface area (Å²) in [5.74, 6) is 0.924. The van der Waals surface area contributed by atoms with E-state index in [1.165, 1.54) is 28.9 Å². The first-order valence-corrected chi connectivity index (χ1v) is 13.1. The maximum atomic E-state index is 13.1. The molecule has 1 aromatic carbocycles. The van der Waals surface area contributed by atoms with Crippen molar-refractivity contribution in [1.82, 2.24) is 5.32 Å². The maximum absolute atomic E-state index is 13.1. The van der Waals surface area contributed by atoms with Gasteiger partial charge in [0.25, 0.3) is 5.91 Å². The minimum absolute atomic E-state index is 0.0439. The van der Waals surface area contributed by atoms with Gasteiger partial charge in [0.05, 0.1) is 12.7 Å². The highest BCUT2D eigenvalue weighted by Crippen LogP contribution is 2.46. The number of carbonyl (C=O) groups is 2. The van der Waals surface area contributed by atoms with Crippen LogP contribution in [0.2, 0.25) is 0 Å². The van der Waals surface area contributed by atoms with Gasteiger partial charge in [-0.25, -0.2) is 4.79 Å². The largest absolute Gasteiger partial charge is 0.493 e. The van der Waals surface area contributed by atoms with Gasteiger partial charge >= 0.3 is 5.97 Å². The van der Waals surface area contributed by atoms with Crippen LogP contribution >= 0.6 is 22.7 Å². The summed E-state index contributed by atoms with van der Waals surface area (Å²) in [4.78, 5) is 27.3. The number of carbonyl (C=O) groups excluding carboxylic acids is 2. The molecule has 1 aliphatic carbocycles. The predicted molar refractivity (Wildman–Crippen MR) is 135 cm³/mol. The van der Waals surface area contributed by atoms with Gasteiger partial charge in [0, 0.05) is 4.88 Å². The Labute approximate surface area is 207 Å². The number of anilines is 1. The molecule has 2 unspecified atom stereocenters. The molecule has 3 heterocycles. The number of hydrogen-bond donors (Lipinski definition) is 2. The van der Waals surface area contributed by atoms with Gasteiger partial charge in [-0.1, -0.05) is 32.9 Å². The van der Waals surface area contributed by atoms with Crippen molar-refractivity contribution in [2.24, 2.45) is 11.3 Å². The Kier molecular flexibility index (Phi) is 5.90. The monoisotopic (exact) mass is 496 g/mol. The maximum Gasteiger partial charge on any atom is 0.353 e. The minimum Gasteiger partial charge on any atom is -0.493 e. The standard InChI is InChI=1S/C26H28N2O4S2/c1-26(2,3)15-8-9-16-20(13-15)34-24-21(16)23(29)27-22(28-24)14-7-10-17(18(12-14)31-4)32-25(30)19-6-5-11-33-19/h5-7,10-12,15,22,28H,8-9,13H2,1-4H3,(H,27,29). The summed E-state index contributed by atoms with van der Waals surface area (Å²) in [6, 6.07) is 8.86. The van der Waals surface area contributed by atoms with Crippen LogP contribution in [0.4, 0.5) is 5.00 Å². The van der Waals surface area contributed by atoms with Crippen molar-refractivity contribution >= 4 is 39.6 Å². The second-order valence-electron chi connectivity index (χ2n) is 9.84. The summed E-state index contributed by atoms with van der Waals surface area (Å²) in [7, 11) is 1.53. The molecule has 0 saturated heterocycles. The van der Waals surface area contributed by atoms with Crippen molar-refractivity contribution in [3.05, 3.63) is 62.2 Å². The van der Waals surface area contributed by atoms with E-state index >= 15 is 0 Å². The average molecular weight is 497 g/mol. The number of hydrogen-bond acceptors (Lipinski definition) is 7. The molecule has 178 valence electrons. The van der Waals surface area contributed by atoms with E-state index in [1.54, 1.807) is 35.6 Å². The van der Waals surface area contributed by atoms with E-state index in [1.807, 2.05) is 11.4 Å². The number of esters is 1. The molecule has 0 saturated carbocycles. The van der Waals surface area contributed by atoms with Crippen molar-refractivity contribution in [3.63, 3.8) is 0 Å². The Morgan fingerprint density at radius 3 is 2.68 bits per heavy atom. The molecule has 3 aromatic rings. The zero-order valence-electron chi connectivity index (χ0n) is 19.7. The van der Waals surface area contributed by atoms with Gasteiger partial charge in [-0.2, -0.15) is 0 Å². The van der Waals surface area contributed by atoms with Gasteiger partial charge in [0.2, 0.25) is 0 Å². The van der Waals surface area contributed by atoms with Crippen LogP contribution in [-0.4, -0.2) is 19.0 Å². The average Bonchev–Trinajstić information content (AvgIpc) is 3.46. The van der Waals surface area contributed by atoms with E-state index in [2.05, 4.69) is 31.4 Å². The van der Waals surface area contributed by atoms with Crippen LogP contribution in [0.15, 0.2) is 35.7 Å². The molecular formula is C26H28N2O4S2. The summed E-state index contributed by atoms with van der Waals surface area (Å²) >= 11 is 3.03. The zero-order chi connectivity index (χ0) is 24.0. The summed E-state index contributed by atoms with van der Waals surface area (Å²) in [6.45, 7) is 6.89. The third-order valence-corrected chi connectivity index (χ3v) is 8.75. The van der Waals surface area contributed by atoms with Crippen molar-refractivity contribution in [1.29, 1.82) is 0 Å². The van der Waals surface area contributed by atoms with Gasteiger partial charge in [-0.3, -0.25) is 4.79 Å². The number of rotatable bonds is 4. The van der Waals surface area contributed by atoms with E-state index in [0.717, 1.165) is 35.4 Å². The first-order valence-electron chi connectivity index (χ1n) is 11.4. The van der Waals surface area contributed by atoms with Gasteiger partial charge < -0.3 is 20.1 Å². The third-order valence-electron chi connectivity index (χ3n) is 6.71. The Morgan fingerprint density at radius 2 is 1.97 bits per heavy atom. The smallest absolute Gasteiger partial charge is 0.353 e. The fourth-order valence-electron chi connectivity index (χ4n) is 4.70. The number of thiophene rings is 2. The minimum atomic E-state index is -0.424. The van der Waals surface area contributed by atoms with Crippen LogP contribution in [0.1, 0.15) is 69.4 Å². The van der Waals surface area contributed by atoms with Crippen molar-refractivity contribution in [2.75, 3.05) is 12.4 Å². The fourth-order valence-corrected chi connectivity index (χ4v) is 6.65. The first-order chi connectivity index (χ1) is 16.2. The molecule has 0 spiro atoms. The fraction of sp³-hybridized carbons (Fsp3) is 0.385. The molecule has 0 radical (unpaired) electrons. The molecule has 1 amide bonds. The Morgan fingerprint density at radius 1 is 1.15 bits per heavy atom. The van der Waals surface area contributed by atoms with Crippen LogP contribution in [0.5, 0.6) is 11.5 Å². The van der Waals surface area contributed by atoms with Crippen molar-refractivity contribution < 1.29 is 19.1 Å². The molecule has 2 aliphatic rings. The summed E-state index contributed by atoms with van der Waals surface area (Å²) in [5.41, 5.74) is 3.09. The number of benzene rings is 1. The van der Waals surface area contributed by atoms with E-state index in [4.69, 9.17) is 9.47 Å². The number of ether oxygens (including phenoxy) is 2. The molecule has 8 heteroatoms. The number of nitrogens with one attached hydrogen (secondary N) is 2. The van der Waals surface area contributed by atoms with Crippen LogP contribution in [0, 0.1) is 11.3 Å². The van der Waals surface area contributed by atoms with Crippen LogP contribution in [0.25, 0.3) is 0 Å². The van der Waals surface area contributed by atoms with Crippen LogP contribution < -0.4 is 20.1 Å². The second-order valence-corrected chi connectivity index (χ2v) is 11.9. The zero-order valence-corrected chi connectivity index (χ0v) is 21.3. The lowest BCUT2D eigenvalue weighted by atomic mass is 9.72. The lowest BCUT2D eigenvalue weighted by Crippen LogP contribution is -2.38. The topological polar surface area (TPSA) is 76.7 Å². The number of amides is 1. The van der Waals surface area contributed by atoms with E-state index in [0.29, 0.717) is 22.3 Å². The molecule has 0 fully saturated rings. The second kappa shape index (κ2) is 8.74. The number of methoxy groups -OCH3 is 1. The number of fused-ring (bicyclic) bond motifs is 3. The molecule has 2 atom stereocenters. The molecule has 6 nitrogen and oxygen atoms in total. The highest BCUT2D eigenvalue weighted by molar-refractivity contribution is 7.16. The van der Waals surface area contributed by atoms with E-state index in [9.17, 15) is 9.59 Å². The van der Waals surface area contributed by atoms with E-state index in [-0.39, 0.29) is 11.3 Å². The summed E-state index contributed by atoms with van der Waals surface area (Å²) < 4.78 is 11.0. The quantitative estimate of drug-likeness (QED) is 0.340. The normalized spacial score (nSPS) is 19.5. The Balaban J connectivity index is 1.38. The summed E-state index contributed by atoms with van der Waals surface area (Å²) in [6.07, 6.45) is 2.68. The Bertz CT molecular complexity index is 1240. The van der Waals surface area contributed by atoms with E-state index < -0.39 is 12.1 Å². The van der Waals surface area contributed by atoms with Crippen LogP contribution in [0.3, 0.4) is 0 Å². The molecular weight excluding hydrogens is 468 g/mol.